The molecular formula is C14H21ClN4O. The number of nitrogens with zero attached hydrogens (tertiary/aromatic N) is 2. The number of hydrogen-bond donors (Lipinski definition) is 2. The van der Waals surface area contributed by atoms with Crippen LogP contribution in [0.5, 0.6) is 0 Å². The van der Waals surface area contributed by atoms with Crippen molar-refractivity contribution >= 4 is 18.4 Å². The molecule has 0 saturated carbocycles. The lowest BCUT2D eigenvalue weighted by atomic mass is 10.1. The van der Waals surface area contributed by atoms with Gasteiger partial charge >= 0.3 is 6.01 Å². The van der Waals surface area contributed by atoms with Gasteiger partial charge < -0.3 is 15.1 Å². The fourth-order valence-corrected chi connectivity index (χ4v) is 1.85. The summed E-state index contributed by atoms with van der Waals surface area (Å²) in [6, 6.07) is 11.2. The first kappa shape index (κ1) is 16.5. The average molecular weight is 297 g/mol. The number of aryl methyl sites for hydroxylation is 1. The molecule has 0 radical (unpaired) electrons. The minimum atomic E-state index is 0. The standard InChI is InChI=1S/C14H20N4O.ClH/c1-11(8-9-12-6-4-3-5-7-12)16-14-18-17-13(19-14)10-15-2;/h3-7,11,15H,8-10H2,1-2H3,(H,16,18);1H. The molecule has 0 aliphatic carbocycles. The maximum absolute atomic E-state index is 5.45. The molecule has 0 saturated heterocycles. The van der Waals surface area contributed by atoms with Gasteiger partial charge in [-0.05, 0) is 32.4 Å². The molecule has 6 heteroatoms. The zero-order valence-corrected chi connectivity index (χ0v) is 12.6. The maximum Gasteiger partial charge on any atom is 0.315 e. The van der Waals surface area contributed by atoms with Crippen molar-refractivity contribution in [3.63, 3.8) is 0 Å². The van der Waals surface area contributed by atoms with Crippen LogP contribution in [0.1, 0.15) is 24.8 Å². The molecule has 0 amide bonds. The quantitative estimate of drug-likeness (QED) is 0.822. The SMILES string of the molecule is CNCc1nnc(NC(C)CCc2ccccc2)o1.Cl. The van der Waals surface area contributed by atoms with Gasteiger partial charge in [-0.3, -0.25) is 0 Å². The van der Waals surface area contributed by atoms with E-state index in [0.717, 1.165) is 12.8 Å². The van der Waals surface area contributed by atoms with E-state index in [1.807, 2.05) is 13.1 Å². The normalized spacial score (nSPS) is 11.7. The summed E-state index contributed by atoms with van der Waals surface area (Å²) in [6.45, 7) is 2.71. The Morgan fingerprint density at radius 2 is 1.95 bits per heavy atom. The van der Waals surface area contributed by atoms with Crippen molar-refractivity contribution in [3.8, 4) is 0 Å². The van der Waals surface area contributed by atoms with Crippen molar-refractivity contribution < 1.29 is 4.42 Å². The Bertz CT molecular complexity index is 489. The number of halogens is 1. The van der Waals surface area contributed by atoms with Crippen LogP contribution >= 0.6 is 12.4 Å². The van der Waals surface area contributed by atoms with E-state index >= 15 is 0 Å². The van der Waals surface area contributed by atoms with Gasteiger partial charge in [0.15, 0.2) is 0 Å². The monoisotopic (exact) mass is 296 g/mol. The van der Waals surface area contributed by atoms with Gasteiger partial charge in [-0.2, -0.15) is 0 Å². The number of rotatable bonds is 7. The Morgan fingerprint density at radius 1 is 1.20 bits per heavy atom. The second-order valence-corrected chi connectivity index (χ2v) is 4.60. The first-order valence-electron chi connectivity index (χ1n) is 6.55. The molecule has 0 aliphatic heterocycles. The fourth-order valence-electron chi connectivity index (χ4n) is 1.85. The summed E-state index contributed by atoms with van der Waals surface area (Å²) in [5, 5.41) is 14.1. The minimum absolute atomic E-state index is 0. The van der Waals surface area contributed by atoms with E-state index in [9.17, 15) is 0 Å². The molecule has 20 heavy (non-hydrogen) atoms. The van der Waals surface area contributed by atoms with Crippen LogP contribution in [0.4, 0.5) is 6.01 Å². The van der Waals surface area contributed by atoms with E-state index in [0.29, 0.717) is 24.5 Å². The van der Waals surface area contributed by atoms with Crippen LogP contribution in [0.15, 0.2) is 34.7 Å². The molecule has 0 bridgehead atoms. The van der Waals surface area contributed by atoms with Crippen LogP contribution in [0, 0.1) is 0 Å². The fraction of sp³-hybridized carbons (Fsp3) is 0.429. The third-order valence-electron chi connectivity index (χ3n) is 2.87. The van der Waals surface area contributed by atoms with E-state index < -0.39 is 0 Å². The van der Waals surface area contributed by atoms with Gasteiger partial charge in [-0.1, -0.05) is 35.4 Å². The summed E-state index contributed by atoms with van der Waals surface area (Å²) >= 11 is 0. The lowest BCUT2D eigenvalue weighted by molar-refractivity contribution is 0.483. The molecule has 1 heterocycles. The molecule has 1 unspecified atom stereocenters. The topological polar surface area (TPSA) is 63.0 Å². The smallest absolute Gasteiger partial charge is 0.315 e. The highest BCUT2D eigenvalue weighted by Gasteiger charge is 2.08. The van der Waals surface area contributed by atoms with E-state index in [2.05, 4.69) is 52.0 Å². The van der Waals surface area contributed by atoms with Gasteiger partial charge in [-0.15, -0.1) is 17.5 Å². The summed E-state index contributed by atoms with van der Waals surface area (Å²) in [5.74, 6) is 0.597. The van der Waals surface area contributed by atoms with Crippen LogP contribution in [-0.4, -0.2) is 23.3 Å². The van der Waals surface area contributed by atoms with Crippen LogP contribution in [-0.2, 0) is 13.0 Å². The Labute approximate surface area is 125 Å². The van der Waals surface area contributed by atoms with Gasteiger partial charge in [0.05, 0.1) is 6.54 Å². The minimum Gasteiger partial charge on any atom is -0.407 e. The highest BCUT2D eigenvalue weighted by Crippen LogP contribution is 2.10. The molecule has 2 N–H and O–H groups in total. The van der Waals surface area contributed by atoms with Gasteiger partial charge in [-0.25, -0.2) is 0 Å². The molecule has 0 spiro atoms. The number of hydrogen-bond acceptors (Lipinski definition) is 5. The summed E-state index contributed by atoms with van der Waals surface area (Å²) in [4.78, 5) is 0. The predicted octanol–water partition coefficient (Wildman–Crippen LogP) is 2.64. The Balaban J connectivity index is 0.00000200. The van der Waals surface area contributed by atoms with Gasteiger partial charge in [0.25, 0.3) is 0 Å². The van der Waals surface area contributed by atoms with Crippen LogP contribution in [0.2, 0.25) is 0 Å². The predicted molar refractivity (Wildman–Crippen MR) is 82.2 cm³/mol. The van der Waals surface area contributed by atoms with Gasteiger partial charge in [0, 0.05) is 6.04 Å². The highest BCUT2D eigenvalue weighted by molar-refractivity contribution is 5.85. The third-order valence-corrected chi connectivity index (χ3v) is 2.87. The van der Waals surface area contributed by atoms with Crippen molar-refractivity contribution in [3.05, 3.63) is 41.8 Å². The summed E-state index contributed by atoms with van der Waals surface area (Å²) in [6.07, 6.45) is 2.06. The first-order chi connectivity index (χ1) is 9.28. The van der Waals surface area contributed by atoms with E-state index in [4.69, 9.17) is 4.42 Å². The Hall–Kier alpha value is -1.59. The maximum atomic E-state index is 5.45. The molecule has 2 aromatic rings. The molecular weight excluding hydrogens is 276 g/mol. The van der Waals surface area contributed by atoms with Gasteiger partial charge in [0.1, 0.15) is 0 Å². The zero-order chi connectivity index (χ0) is 13.5. The second kappa shape index (κ2) is 8.55. The molecule has 0 aliphatic rings. The van der Waals surface area contributed by atoms with Crippen molar-refractivity contribution in [1.82, 2.24) is 15.5 Å². The average Bonchev–Trinajstić information content (AvgIpc) is 2.85. The Kier molecular flexibility index (Phi) is 7.04. The molecule has 2 rings (SSSR count). The van der Waals surface area contributed by atoms with Crippen LogP contribution < -0.4 is 10.6 Å². The van der Waals surface area contributed by atoms with Crippen molar-refractivity contribution in [1.29, 1.82) is 0 Å². The van der Waals surface area contributed by atoms with E-state index in [-0.39, 0.29) is 12.4 Å². The summed E-state index contributed by atoms with van der Waals surface area (Å²) < 4.78 is 5.45. The zero-order valence-electron chi connectivity index (χ0n) is 11.8. The van der Waals surface area contributed by atoms with Crippen LogP contribution in [0.3, 0.4) is 0 Å². The number of anilines is 1. The number of nitrogens with one attached hydrogen (secondary N) is 2. The molecule has 1 aromatic carbocycles. The number of aromatic nitrogens is 2. The summed E-state index contributed by atoms with van der Waals surface area (Å²) in [5.41, 5.74) is 1.34. The molecule has 0 fully saturated rings. The largest absolute Gasteiger partial charge is 0.407 e. The van der Waals surface area contributed by atoms with E-state index in [1.165, 1.54) is 5.56 Å². The number of benzene rings is 1. The molecule has 110 valence electrons. The summed E-state index contributed by atoms with van der Waals surface area (Å²) in [7, 11) is 1.85. The molecule has 5 nitrogen and oxygen atoms in total. The Morgan fingerprint density at radius 3 is 2.65 bits per heavy atom. The van der Waals surface area contributed by atoms with E-state index in [1.54, 1.807) is 0 Å². The second-order valence-electron chi connectivity index (χ2n) is 4.60. The van der Waals surface area contributed by atoms with Crippen molar-refractivity contribution in [2.75, 3.05) is 12.4 Å². The lowest BCUT2D eigenvalue weighted by Crippen LogP contribution is -2.16. The van der Waals surface area contributed by atoms with Crippen molar-refractivity contribution in [2.45, 2.75) is 32.4 Å². The lowest BCUT2D eigenvalue weighted by Gasteiger charge is -2.11. The highest BCUT2D eigenvalue weighted by atomic mass is 35.5. The van der Waals surface area contributed by atoms with Gasteiger partial charge in [0.2, 0.25) is 5.89 Å². The molecule has 1 aromatic heterocycles. The third kappa shape index (κ3) is 5.19. The van der Waals surface area contributed by atoms with Crippen molar-refractivity contribution in [2.24, 2.45) is 0 Å². The first-order valence-corrected chi connectivity index (χ1v) is 6.55. The molecule has 1 atom stereocenters. The van der Waals surface area contributed by atoms with Crippen LogP contribution in [0.25, 0.3) is 0 Å².